The van der Waals surface area contributed by atoms with Crippen LogP contribution >= 0.6 is 0 Å². The van der Waals surface area contributed by atoms with Crippen molar-refractivity contribution in [1.82, 2.24) is 0 Å². The number of carbonyl (C=O) groups excluding carboxylic acids is 1. The van der Waals surface area contributed by atoms with E-state index in [-0.39, 0.29) is 5.97 Å². The van der Waals surface area contributed by atoms with Gasteiger partial charge in [0.2, 0.25) is 0 Å². The highest BCUT2D eigenvalue weighted by atomic mass is 16.5. The smallest absolute Gasteiger partial charge is 0.330 e. The molecule has 102 valence electrons. The summed E-state index contributed by atoms with van der Waals surface area (Å²) in [6.07, 6.45) is 18.8. The molecule has 0 fully saturated rings. The molecule has 0 spiro atoms. The molecule has 2 heteroatoms. The largest absolute Gasteiger partial charge is 0.463 e. The minimum Gasteiger partial charge on any atom is -0.463 e. The Morgan fingerprint density at radius 2 is 2.00 bits per heavy atom. The van der Waals surface area contributed by atoms with Gasteiger partial charge in [-0.05, 0) is 38.7 Å². The van der Waals surface area contributed by atoms with Gasteiger partial charge in [-0.2, -0.15) is 0 Å². The van der Waals surface area contributed by atoms with Gasteiger partial charge in [0.25, 0.3) is 0 Å². The fraction of sp³-hybridized carbons (Fsp3) is 0.353. The number of allylic oxidation sites excluding steroid dienone is 9. The Labute approximate surface area is 115 Å². The second-order valence-electron chi connectivity index (χ2n) is 4.39. The first-order chi connectivity index (χ1) is 9.24. The number of hydrogen-bond acceptors (Lipinski definition) is 2. The van der Waals surface area contributed by atoms with Gasteiger partial charge >= 0.3 is 5.97 Å². The number of carbonyl (C=O) groups is 1. The van der Waals surface area contributed by atoms with Crippen molar-refractivity contribution >= 4 is 5.97 Å². The summed E-state index contributed by atoms with van der Waals surface area (Å²) >= 11 is 0. The summed E-state index contributed by atoms with van der Waals surface area (Å²) < 4.78 is 4.78. The predicted octanol–water partition coefficient (Wildman–Crippen LogP) is 4.27. The summed E-state index contributed by atoms with van der Waals surface area (Å²) in [6, 6.07) is 0. The summed E-state index contributed by atoms with van der Waals surface area (Å²) in [7, 11) is 0. The van der Waals surface area contributed by atoms with E-state index in [1.807, 2.05) is 6.08 Å². The van der Waals surface area contributed by atoms with Crippen molar-refractivity contribution in [2.75, 3.05) is 6.61 Å². The van der Waals surface area contributed by atoms with Gasteiger partial charge in [-0.15, -0.1) is 0 Å². The molecular weight excluding hydrogens is 236 g/mol. The van der Waals surface area contributed by atoms with Gasteiger partial charge in [-0.3, -0.25) is 0 Å². The lowest BCUT2D eigenvalue weighted by Gasteiger charge is -2.01. The highest BCUT2D eigenvalue weighted by Crippen LogP contribution is 2.17. The Balaban J connectivity index is 2.17. The number of hydrogen-bond donors (Lipinski definition) is 0. The third kappa shape index (κ3) is 6.61. The quantitative estimate of drug-likeness (QED) is 0.295. The molecule has 19 heavy (non-hydrogen) atoms. The Hall–Kier alpha value is -1.83. The highest BCUT2D eigenvalue weighted by molar-refractivity contribution is 5.82. The zero-order chi connectivity index (χ0) is 13.9. The maximum Gasteiger partial charge on any atom is 0.330 e. The molecule has 1 aliphatic carbocycles. The second kappa shape index (κ2) is 9.15. The first-order valence-electron chi connectivity index (χ1n) is 6.78. The van der Waals surface area contributed by atoms with E-state index in [9.17, 15) is 4.79 Å². The maximum atomic E-state index is 11.0. The van der Waals surface area contributed by atoms with Gasteiger partial charge in [-0.1, -0.05) is 48.1 Å². The Bertz CT molecular complexity index is 420. The van der Waals surface area contributed by atoms with E-state index in [1.165, 1.54) is 17.2 Å². The van der Waals surface area contributed by atoms with Crippen molar-refractivity contribution < 1.29 is 9.53 Å². The average molecular weight is 258 g/mol. The van der Waals surface area contributed by atoms with Gasteiger partial charge in [0.1, 0.15) is 0 Å². The summed E-state index contributed by atoms with van der Waals surface area (Å²) in [4.78, 5) is 11.0. The summed E-state index contributed by atoms with van der Waals surface area (Å²) in [6.45, 7) is 4.40. The lowest BCUT2D eigenvalue weighted by Crippen LogP contribution is -1.98. The van der Waals surface area contributed by atoms with Crippen molar-refractivity contribution in [1.29, 1.82) is 0 Å². The van der Waals surface area contributed by atoms with Crippen molar-refractivity contribution in [2.24, 2.45) is 0 Å². The molecule has 0 N–H and O–H groups in total. The summed E-state index contributed by atoms with van der Waals surface area (Å²) in [5.41, 5.74) is 2.77. The zero-order valence-electron chi connectivity index (χ0n) is 11.8. The van der Waals surface area contributed by atoms with E-state index in [2.05, 4.69) is 37.3 Å². The van der Waals surface area contributed by atoms with Crippen LogP contribution < -0.4 is 0 Å². The van der Waals surface area contributed by atoms with E-state index < -0.39 is 0 Å². The SMILES string of the molecule is CCOC(=O)/C=C/C=C/CCCC(C)=C1C=CC=C1. The molecule has 0 bridgehead atoms. The molecule has 0 saturated carbocycles. The van der Waals surface area contributed by atoms with Crippen molar-refractivity contribution in [3.05, 3.63) is 59.8 Å². The second-order valence-corrected chi connectivity index (χ2v) is 4.39. The monoisotopic (exact) mass is 258 g/mol. The topological polar surface area (TPSA) is 26.3 Å². The maximum absolute atomic E-state index is 11.0. The van der Waals surface area contributed by atoms with Gasteiger partial charge in [0, 0.05) is 6.08 Å². The van der Waals surface area contributed by atoms with Crippen LogP contribution in [0.5, 0.6) is 0 Å². The molecular formula is C17H22O2. The van der Waals surface area contributed by atoms with Gasteiger partial charge in [-0.25, -0.2) is 4.79 Å². The first-order valence-corrected chi connectivity index (χ1v) is 6.78. The van der Waals surface area contributed by atoms with Crippen LogP contribution in [0.25, 0.3) is 0 Å². The number of unbranched alkanes of at least 4 members (excludes halogenated alkanes) is 1. The normalized spacial score (nSPS) is 13.9. The molecule has 0 radical (unpaired) electrons. The van der Waals surface area contributed by atoms with Crippen LogP contribution in [-0.2, 0) is 9.53 Å². The average Bonchev–Trinajstić information content (AvgIpc) is 2.91. The predicted molar refractivity (Wildman–Crippen MR) is 79.7 cm³/mol. The molecule has 0 heterocycles. The van der Waals surface area contributed by atoms with Crippen LogP contribution in [0.15, 0.2) is 59.8 Å². The Kier molecular flexibility index (Phi) is 7.33. The lowest BCUT2D eigenvalue weighted by atomic mass is 10.0. The fourth-order valence-corrected chi connectivity index (χ4v) is 1.79. The molecule has 1 aliphatic rings. The Morgan fingerprint density at radius 3 is 2.68 bits per heavy atom. The number of rotatable bonds is 7. The summed E-state index contributed by atoms with van der Waals surface area (Å²) in [5, 5.41) is 0. The molecule has 2 nitrogen and oxygen atoms in total. The van der Waals surface area contributed by atoms with Gasteiger partial charge in [0.15, 0.2) is 0 Å². The minimum atomic E-state index is -0.285. The standard InChI is InChI=1S/C17H22O2/c1-3-19-17(18)14-8-6-4-5-7-11-15(2)16-12-9-10-13-16/h4,6,8-10,12-14H,3,5,7,11H2,1-2H3/b6-4+,14-8+. The van der Waals surface area contributed by atoms with Crippen molar-refractivity contribution in [3.63, 3.8) is 0 Å². The molecule has 0 aromatic heterocycles. The molecule has 0 aromatic carbocycles. The third-order valence-electron chi connectivity index (χ3n) is 2.84. The number of ether oxygens (including phenoxy) is 1. The molecule has 1 rings (SSSR count). The molecule has 0 atom stereocenters. The number of esters is 1. The first kappa shape index (κ1) is 15.2. The minimum absolute atomic E-state index is 0.285. The van der Waals surface area contributed by atoms with Crippen LogP contribution in [0, 0.1) is 0 Å². The van der Waals surface area contributed by atoms with Crippen LogP contribution in [0.2, 0.25) is 0 Å². The van der Waals surface area contributed by atoms with Crippen LogP contribution in [0.3, 0.4) is 0 Å². The van der Waals surface area contributed by atoms with E-state index in [0.29, 0.717) is 6.61 Å². The lowest BCUT2D eigenvalue weighted by molar-refractivity contribution is -0.137. The van der Waals surface area contributed by atoms with E-state index in [1.54, 1.807) is 13.0 Å². The molecule has 0 aromatic rings. The summed E-state index contributed by atoms with van der Waals surface area (Å²) in [5.74, 6) is -0.285. The van der Waals surface area contributed by atoms with Crippen LogP contribution in [0.1, 0.15) is 33.1 Å². The van der Waals surface area contributed by atoms with Crippen molar-refractivity contribution in [3.8, 4) is 0 Å². The van der Waals surface area contributed by atoms with Gasteiger partial charge in [0.05, 0.1) is 6.61 Å². The van der Waals surface area contributed by atoms with E-state index in [0.717, 1.165) is 19.3 Å². The molecule has 0 aliphatic heterocycles. The Morgan fingerprint density at radius 1 is 1.26 bits per heavy atom. The molecule has 0 saturated heterocycles. The van der Waals surface area contributed by atoms with E-state index >= 15 is 0 Å². The third-order valence-corrected chi connectivity index (χ3v) is 2.84. The molecule has 0 amide bonds. The molecule has 0 unspecified atom stereocenters. The van der Waals surface area contributed by atoms with Crippen LogP contribution in [-0.4, -0.2) is 12.6 Å². The van der Waals surface area contributed by atoms with E-state index in [4.69, 9.17) is 4.74 Å². The van der Waals surface area contributed by atoms with Crippen LogP contribution in [0.4, 0.5) is 0 Å². The highest BCUT2D eigenvalue weighted by Gasteiger charge is 1.98. The zero-order valence-corrected chi connectivity index (χ0v) is 11.8. The fourth-order valence-electron chi connectivity index (χ4n) is 1.79. The van der Waals surface area contributed by atoms with Gasteiger partial charge < -0.3 is 4.74 Å². The van der Waals surface area contributed by atoms with Crippen molar-refractivity contribution in [2.45, 2.75) is 33.1 Å².